The topological polar surface area (TPSA) is 83.0 Å². The molecule has 0 radical (unpaired) electrons. The number of ether oxygens (including phenoxy) is 1. The van der Waals surface area contributed by atoms with Crippen molar-refractivity contribution in [1.29, 1.82) is 0 Å². The molecule has 1 aromatic heterocycles. The number of hydrogen-bond donors (Lipinski definition) is 1. The molecule has 1 atom stereocenters. The molecule has 1 aliphatic heterocycles. The first-order valence-corrected chi connectivity index (χ1v) is 11.6. The lowest BCUT2D eigenvalue weighted by Gasteiger charge is -2.25. The minimum atomic E-state index is -0.682. The van der Waals surface area contributed by atoms with Crippen LogP contribution in [0.15, 0.2) is 84.7 Å². The van der Waals surface area contributed by atoms with Crippen molar-refractivity contribution in [3.05, 3.63) is 101 Å². The first-order valence-electron chi connectivity index (χ1n) is 11.6. The lowest BCUT2D eigenvalue weighted by Crippen LogP contribution is -2.32. The van der Waals surface area contributed by atoms with Crippen molar-refractivity contribution in [3.63, 3.8) is 0 Å². The maximum Gasteiger partial charge on any atom is 0.295 e. The van der Waals surface area contributed by atoms with Crippen LogP contribution in [0.5, 0.6) is 5.75 Å². The molecule has 0 unspecified atom stereocenters. The number of carbonyl (C=O) groups excluding carboxylic acids is 2. The number of aliphatic hydroxyl groups excluding tert-OH is 1. The van der Waals surface area contributed by atoms with E-state index in [4.69, 9.17) is 4.74 Å². The van der Waals surface area contributed by atoms with Crippen molar-refractivity contribution in [2.24, 2.45) is 0 Å². The smallest absolute Gasteiger partial charge is 0.295 e. The van der Waals surface area contributed by atoms with Crippen LogP contribution in [0.4, 0.5) is 0 Å². The van der Waals surface area contributed by atoms with Gasteiger partial charge in [0.2, 0.25) is 0 Å². The Morgan fingerprint density at radius 1 is 1.00 bits per heavy atom. The van der Waals surface area contributed by atoms with E-state index in [0.717, 1.165) is 17.7 Å². The second-order valence-corrected chi connectivity index (χ2v) is 8.73. The highest BCUT2D eigenvalue weighted by Gasteiger charge is 2.45. The molecule has 1 aliphatic rings. The largest absolute Gasteiger partial charge is 0.507 e. The van der Waals surface area contributed by atoms with E-state index in [2.05, 4.69) is 4.98 Å². The van der Waals surface area contributed by atoms with Crippen LogP contribution in [0.2, 0.25) is 0 Å². The zero-order chi connectivity index (χ0) is 24.8. The lowest BCUT2D eigenvalue weighted by molar-refractivity contribution is -0.139. The van der Waals surface area contributed by atoms with Crippen molar-refractivity contribution in [2.75, 3.05) is 27.2 Å². The van der Waals surface area contributed by atoms with Gasteiger partial charge in [-0.15, -0.1) is 0 Å². The number of carbonyl (C=O) groups is 2. The summed E-state index contributed by atoms with van der Waals surface area (Å²) in [6, 6.07) is 19.6. The molecule has 0 bridgehead atoms. The highest BCUT2D eigenvalue weighted by Crippen LogP contribution is 2.39. The van der Waals surface area contributed by atoms with Gasteiger partial charge >= 0.3 is 0 Å². The fraction of sp³-hybridized carbons (Fsp3) is 0.250. The molecule has 35 heavy (non-hydrogen) atoms. The molecule has 180 valence electrons. The lowest BCUT2D eigenvalue weighted by atomic mass is 9.96. The highest BCUT2D eigenvalue weighted by molar-refractivity contribution is 6.46. The predicted octanol–water partition coefficient (Wildman–Crippen LogP) is 4.03. The Bertz CT molecular complexity index is 1190. The minimum Gasteiger partial charge on any atom is -0.507 e. The van der Waals surface area contributed by atoms with Crippen molar-refractivity contribution in [1.82, 2.24) is 14.8 Å². The molecule has 0 spiro atoms. The number of benzene rings is 2. The zero-order valence-electron chi connectivity index (χ0n) is 19.9. The average molecular weight is 472 g/mol. The summed E-state index contributed by atoms with van der Waals surface area (Å²) >= 11 is 0. The molecule has 2 aromatic carbocycles. The Morgan fingerprint density at radius 3 is 2.34 bits per heavy atom. The first kappa shape index (κ1) is 24.2. The summed E-state index contributed by atoms with van der Waals surface area (Å²) in [5.41, 5.74) is 2.31. The Morgan fingerprint density at radius 2 is 1.69 bits per heavy atom. The number of amides is 1. The number of aliphatic hydroxyl groups is 1. The summed E-state index contributed by atoms with van der Waals surface area (Å²) in [7, 11) is 3.92. The van der Waals surface area contributed by atoms with Gasteiger partial charge in [-0.05, 0) is 74.6 Å². The van der Waals surface area contributed by atoms with Gasteiger partial charge in [-0.25, -0.2) is 0 Å². The monoisotopic (exact) mass is 471 g/mol. The van der Waals surface area contributed by atoms with Gasteiger partial charge in [0.1, 0.15) is 18.1 Å². The summed E-state index contributed by atoms with van der Waals surface area (Å²) in [6.07, 6.45) is 3.94. The Balaban J connectivity index is 1.61. The van der Waals surface area contributed by atoms with Crippen molar-refractivity contribution >= 4 is 17.4 Å². The molecule has 1 fully saturated rings. The molecule has 2 heterocycles. The van der Waals surface area contributed by atoms with Gasteiger partial charge in [0.05, 0.1) is 11.6 Å². The van der Waals surface area contributed by atoms with Crippen LogP contribution < -0.4 is 4.74 Å². The third kappa shape index (κ3) is 5.58. The standard InChI is InChI=1S/C28H29N3O4/c1-30(2)17-6-18-31-25(21-13-15-29-16-14-21)24(27(33)28(31)34)26(32)22-9-11-23(12-10-22)35-19-20-7-4-3-5-8-20/h3-5,7-16,25,32H,6,17-19H2,1-2H3/t25-/m1/s1. The average Bonchev–Trinajstić information content (AvgIpc) is 3.13. The molecule has 3 aromatic rings. The molecule has 4 rings (SSSR count). The molecule has 1 saturated heterocycles. The number of pyridine rings is 1. The number of rotatable bonds is 9. The van der Waals surface area contributed by atoms with E-state index in [1.54, 1.807) is 53.7 Å². The second-order valence-electron chi connectivity index (χ2n) is 8.73. The molecule has 7 heteroatoms. The molecule has 7 nitrogen and oxygen atoms in total. The van der Waals surface area contributed by atoms with Crippen LogP contribution in [-0.4, -0.2) is 58.8 Å². The predicted molar refractivity (Wildman–Crippen MR) is 134 cm³/mol. The van der Waals surface area contributed by atoms with Crippen LogP contribution in [-0.2, 0) is 16.2 Å². The number of Topliss-reactive ketones (excluding diaryl/α,β-unsaturated/α-hetero) is 1. The Labute approximate surface area is 205 Å². The van der Waals surface area contributed by atoms with Crippen molar-refractivity contribution < 1.29 is 19.4 Å². The van der Waals surface area contributed by atoms with Crippen molar-refractivity contribution in [2.45, 2.75) is 19.1 Å². The number of ketones is 1. The van der Waals surface area contributed by atoms with Gasteiger partial charge in [-0.3, -0.25) is 14.6 Å². The van der Waals surface area contributed by atoms with Crippen molar-refractivity contribution in [3.8, 4) is 5.75 Å². The highest BCUT2D eigenvalue weighted by atomic mass is 16.5. The van der Waals surface area contributed by atoms with E-state index >= 15 is 0 Å². The fourth-order valence-electron chi connectivity index (χ4n) is 4.17. The summed E-state index contributed by atoms with van der Waals surface area (Å²) in [5, 5.41) is 11.2. The number of hydrogen-bond acceptors (Lipinski definition) is 6. The summed E-state index contributed by atoms with van der Waals surface area (Å²) < 4.78 is 5.82. The van der Waals surface area contributed by atoms with Crippen LogP contribution in [0, 0.1) is 0 Å². The van der Waals surface area contributed by atoms with E-state index in [1.165, 1.54) is 0 Å². The normalized spacial score (nSPS) is 17.2. The molecule has 0 saturated carbocycles. The molecule has 1 amide bonds. The SMILES string of the molecule is CN(C)CCCN1C(=O)C(=O)C(=C(O)c2ccc(OCc3ccccc3)cc2)[C@H]1c1ccncc1. The van der Waals surface area contributed by atoms with E-state index < -0.39 is 17.7 Å². The quantitative estimate of drug-likeness (QED) is 0.288. The van der Waals surface area contributed by atoms with Gasteiger partial charge in [-0.2, -0.15) is 0 Å². The molecular formula is C28H29N3O4. The maximum absolute atomic E-state index is 13.1. The van der Waals surface area contributed by atoms with Crippen LogP contribution in [0.3, 0.4) is 0 Å². The first-order chi connectivity index (χ1) is 17.0. The minimum absolute atomic E-state index is 0.0870. The summed E-state index contributed by atoms with van der Waals surface area (Å²) in [4.78, 5) is 33.7. The van der Waals surface area contributed by atoms with E-state index in [-0.39, 0.29) is 11.3 Å². The Kier molecular flexibility index (Phi) is 7.57. The third-order valence-corrected chi connectivity index (χ3v) is 5.94. The maximum atomic E-state index is 13.1. The number of likely N-dealkylation sites (tertiary alicyclic amines) is 1. The van der Waals surface area contributed by atoms with Gasteiger partial charge in [0, 0.05) is 24.5 Å². The van der Waals surface area contributed by atoms with Gasteiger partial charge in [0.25, 0.3) is 11.7 Å². The summed E-state index contributed by atoms with van der Waals surface area (Å²) in [5.74, 6) is -0.844. The number of aromatic nitrogens is 1. The molecule has 1 N–H and O–H groups in total. The van der Waals surface area contributed by atoms with Gasteiger partial charge < -0.3 is 19.6 Å². The van der Waals surface area contributed by atoms with E-state index in [9.17, 15) is 14.7 Å². The summed E-state index contributed by atoms with van der Waals surface area (Å²) in [6.45, 7) is 1.60. The molecule has 0 aliphatic carbocycles. The zero-order valence-corrected chi connectivity index (χ0v) is 19.9. The van der Waals surface area contributed by atoms with Crippen LogP contribution >= 0.6 is 0 Å². The Hall–Kier alpha value is -3.97. The van der Waals surface area contributed by atoms with Crippen LogP contribution in [0.25, 0.3) is 5.76 Å². The molecular weight excluding hydrogens is 442 g/mol. The second kappa shape index (κ2) is 11.0. The van der Waals surface area contributed by atoms with E-state index in [0.29, 0.717) is 30.9 Å². The van der Waals surface area contributed by atoms with E-state index in [1.807, 2.05) is 49.3 Å². The van der Waals surface area contributed by atoms with Gasteiger partial charge in [0.15, 0.2) is 0 Å². The van der Waals surface area contributed by atoms with Gasteiger partial charge in [-0.1, -0.05) is 30.3 Å². The fourth-order valence-corrected chi connectivity index (χ4v) is 4.17. The number of nitrogens with zero attached hydrogens (tertiary/aromatic N) is 3. The van der Waals surface area contributed by atoms with Crippen LogP contribution in [0.1, 0.15) is 29.2 Å². The third-order valence-electron chi connectivity index (χ3n) is 5.94.